The van der Waals surface area contributed by atoms with Crippen molar-refractivity contribution >= 4 is 0 Å². The Balaban J connectivity index is 2.14. The summed E-state index contributed by atoms with van der Waals surface area (Å²) in [6.07, 6.45) is 10.4. The van der Waals surface area contributed by atoms with Crippen LogP contribution in [-0.4, -0.2) is 23.0 Å². The van der Waals surface area contributed by atoms with Gasteiger partial charge in [-0.3, -0.25) is 4.98 Å². The van der Waals surface area contributed by atoms with Gasteiger partial charge in [0.2, 0.25) is 0 Å². The van der Waals surface area contributed by atoms with E-state index >= 15 is 0 Å². The highest BCUT2D eigenvalue weighted by atomic mass is 15.1. The van der Waals surface area contributed by atoms with Crippen LogP contribution in [0.25, 0.3) is 0 Å². The van der Waals surface area contributed by atoms with Gasteiger partial charge < -0.3 is 4.90 Å². The third kappa shape index (κ3) is 3.00. The molecule has 0 bridgehead atoms. The minimum absolute atomic E-state index is 0.860. The summed E-state index contributed by atoms with van der Waals surface area (Å²) < 4.78 is 0. The van der Waals surface area contributed by atoms with Crippen molar-refractivity contribution in [3.05, 3.63) is 60.9 Å². The van der Waals surface area contributed by atoms with E-state index < -0.39 is 0 Å². The van der Waals surface area contributed by atoms with Gasteiger partial charge in [-0.25, -0.2) is 0 Å². The topological polar surface area (TPSA) is 16.1 Å². The fourth-order valence-corrected chi connectivity index (χ4v) is 2.45. The molecule has 0 aliphatic carbocycles. The van der Waals surface area contributed by atoms with E-state index in [1.165, 1.54) is 30.7 Å². The first-order valence-electron chi connectivity index (χ1n) is 6.64. The van der Waals surface area contributed by atoms with Gasteiger partial charge in [-0.05, 0) is 43.4 Å². The summed E-state index contributed by atoms with van der Waals surface area (Å²) in [6.45, 7) is 10.4. The van der Waals surface area contributed by atoms with Crippen LogP contribution >= 0.6 is 0 Å². The van der Waals surface area contributed by atoms with Crippen LogP contribution in [-0.2, 0) is 0 Å². The second kappa shape index (κ2) is 6.39. The molecular weight excluding hydrogens is 220 g/mol. The van der Waals surface area contributed by atoms with E-state index in [1.807, 2.05) is 30.6 Å². The predicted octanol–water partition coefficient (Wildman–Crippen LogP) is 3.58. The van der Waals surface area contributed by atoms with Crippen LogP contribution in [0.5, 0.6) is 0 Å². The van der Waals surface area contributed by atoms with Crippen LogP contribution in [0.4, 0.5) is 0 Å². The lowest BCUT2D eigenvalue weighted by molar-refractivity contribution is 0.285. The third-order valence-electron chi connectivity index (χ3n) is 3.46. The van der Waals surface area contributed by atoms with E-state index in [0.717, 1.165) is 25.2 Å². The number of hydrogen-bond donors (Lipinski definition) is 0. The maximum Gasteiger partial charge on any atom is 0.0535 e. The molecule has 2 heteroatoms. The van der Waals surface area contributed by atoms with Gasteiger partial charge >= 0.3 is 0 Å². The third-order valence-corrected chi connectivity index (χ3v) is 3.46. The van der Waals surface area contributed by atoms with Crippen LogP contribution < -0.4 is 0 Å². The molecule has 1 saturated heterocycles. The number of likely N-dealkylation sites (tertiary alicyclic amines) is 1. The van der Waals surface area contributed by atoms with E-state index in [-0.39, 0.29) is 0 Å². The van der Waals surface area contributed by atoms with E-state index in [2.05, 4.69) is 23.0 Å². The van der Waals surface area contributed by atoms with Crippen LogP contribution in [0.2, 0.25) is 0 Å². The fraction of sp³-hybridized carbons (Fsp3) is 0.375. The number of aromatic nitrogens is 1. The summed E-state index contributed by atoms with van der Waals surface area (Å²) in [6, 6.07) is 4.10. The first kappa shape index (κ1) is 12.9. The maximum absolute atomic E-state index is 4.29. The van der Waals surface area contributed by atoms with Crippen molar-refractivity contribution in [3.63, 3.8) is 0 Å². The van der Waals surface area contributed by atoms with Gasteiger partial charge in [0, 0.05) is 31.2 Å². The molecule has 0 aromatic carbocycles. The lowest BCUT2D eigenvalue weighted by Gasteiger charge is -2.34. The second-order valence-corrected chi connectivity index (χ2v) is 4.70. The number of allylic oxidation sites excluding steroid dienone is 2. The first-order chi connectivity index (χ1) is 8.83. The van der Waals surface area contributed by atoms with Crippen molar-refractivity contribution in [1.29, 1.82) is 0 Å². The quantitative estimate of drug-likeness (QED) is 0.732. The smallest absolute Gasteiger partial charge is 0.0535 e. The number of nitrogens with zero attached hydrogens (tertiary/aromatic N) is 2. The number of pyridine rings is 1. The van der Waals surface area contributed by atoms with Crippen LogP contribution in [0.15, 0.2) is 49.5 Å². The zero-order chi connectivity index (χ0) is 12.8. The van der Waals surface area contributed by atoms with E-state index in [0.29, 0.717) is 0 Å². The van der Waals surface area contributed by atoms with Crippen molar-refractivity contribution in [3.8, 4) is 0 Å². The van der Waals surface area contributed by atoms with Gasteiger partial charge in [-0.2, -0.15) is 0 Å². The minimum Gasteiger partial charge on any atom is -0.375 e. The molecule has 2 nitrogen and oxygen atoms in total. The van der Waals surface area contributed by atoms with Crippen molar-refractivity contribution in [2.45, 2.75) is 25.7 Å². The molecule has 95 valence electrons. The summed E-state index contributed by atoms with van der Waals surface area (Å²) in [5, 5.41) is 0. The average Bonchev–Trinajstić information content (AvgIpc) is 2.46. The summed E-state index contributed by atoms with van der Waals surface area (Å²) >= 11 is 0. The molecule has 1 fully saturated rings. The van der Waals surface area contributed by atoms with Crippen LogP contribution in [0.3, 0.4) is 0 Å². The Hall–Kier alpha value is -1.57. The molecule has 18 heavy (non-hydrogen) atoms. The summed E-state index contributed by atoms with van der Waals surface area (Å²) in [5.74, 6) is 1.27. The van der Waals surface area contributed by atoms with Gasteiger partial charge in [0.15, 0.2) is 0 Å². The maximum atomic E-state index is 4.29. The normalized spacial score (nSPS) is 15.7. The molecule has 1 aromatic rings. The van der Waals surface area contributed by atoms with Gasteiger partial charge in [0.05, 0.1) is 5.92 Å². The molecule has 2 rings (SSSR count). The minimum atomic E-state index is 0.860. The summed E-state index contributed by atoms with van der Waals surface area (Å²) in [7, 11) is 0. The molecule has 0 unspecified atom stereocenters. The molecule has 1 aliphatic rings. The van der Waals surface area contributed by atoms with Crippen molar-refractivity contribution in [2.24, 2.45) is 0 Å². The lowest BCUT2D eigenvalue weighted by Crippen LogP contribution is -2.31. The molecular formula is C16H21N2. The Bertz CT molecular complexity index is 391. The Morgan fingerprint density at radius 1 is 1.22 bits per heavy atom. The number of piperidine rings is 1. The molecule has 0 saturated carbocycles. The Labute approximate surface area is 110 Å². The summed E-state index contributed by atoms with van der Waals surface area (Å²) in [4.78, 5) is 6.48. The van der Waals surface area contributed by atoms with Crippen LogP contribution in [0.1, 0.15) is 31.2 Å². The molecule has 0 amide bonds. The van der Waals surface area contributed by atoms with Crippen LogP contribution in [0, 0.1) is 5.92 Å². The average molecular weight is 241 g/mol. The highest BCUT2D eigenvalue weighted by molar-refractivity contribution is 5.41. The number of hydrogen-bond acceptors (Lipinski definition) is 2. The summed E-state index contributed by atoms with van der Waals surface area (Å²) in [5.41, 5.74) is 2.36. The highest BCUT2D eigenvalue weighted by Crippen LogP contribution is 2.29. The van der Waals surface area contributed by atoms with E-state index in [9.17, 15) is 0 Å². The van der Waals surface area contributed by atoms with Gasteiger partial charge in [-0.15, -0.1) is 6.58 Å². The zero-order valence-corrected chi connectivity index (χ0v) is 10.9. The van der Waals surface area contributed by atoms with Gasteiger partial charge in [0.1, 0.15) is 0 Å². The van der Waals surface area contributed by atoms with Crippen molar-refractivity contribution in [2.75, 3.05) is 13.1 Å². The standard InChI is InChI=1S/C16H21N2/c1-3-7-16(15-8-10-17-11-9-15)14(2)18-12-5-4-6-13-18/h3,8-11H,1-2,4-7,12-13H2. The van der Waals surface area contributed by atoms with Crippen molar-refractivity contribution in [1.82, 2.24) is 9.88 Å². The molecule has 1 radical (unpaired) electrons. The predicted molar refractivity (Wildman–Crippen MR) is 76.0 cm³/mol. The first-order valence-corrected chi connectivity index (χ1v) is 6.64. The Morgan fingerprint density at radius 3 is 2.50 bits per heavy atom. The molecule has 1 aromatic heterocycles. The second-order valence-electron chi connectivity index (χ2n) is 4.70. The van der Waals surface area contributed by atoms with Gasteiger partial charge in [0.25, 0.3) is 0 Å². The fourth-order valence-electron chi connectivity index (χ4n) is 2.45. The SMILES string of the molecule is C=CC[C](C(=C)N1CCCCC1)c1ccncc1. The molecule has 0 atom stereocenters. The molecule has 1 aliphatic heterocycles. The Kier molecular flexibility index (Phi) is 4.57. The molecule has 2 heterocycles. The zero-order valence-electron chi connectivity index (χ0n) is 10.9. The largest absolute Gasteiger partial charge is 0.375 e. The molecule has 0 N–H and O–H groups in total. The highest BCUT2D eigenvalue weighted by Gasteiger charge is 2.21. The van der Waals surface area contributed by atoms with E-state index in [1.54, 1.807) is 0 Å². The van der Waals surface area contributed by atoms with Crippen molar-refractivity contribution < 1.29 is 0 Å². The van der Waals surface area contributed by atoms with Gasteiger partial charge in [-0.1, -0.05) is 12.7 Å². The lowest BCUT2D eigenvalue weighted by atomic mass is 9.92. The monoisotopic (exact) mass is 241 g/mol. The molecule has 0 spiro atoms. The Morgan fingerprint density at radius 2 is 1.89 bits per heavy atom. The van der Waals surface area contributed by atoms with E-state index in [4.69, 9.17) is 0 Å². The number of rotatable bonds is 5.